The van der Waals surface area contributed by atoms with Crippen LogP contribution >= 0.6 is 0 Å². The molecule has 9 heteroatoms. The van der Waals surface area contributed by atoms with Crippen molar-refractivity contribution in [1.82, 2.24) is 14.9 Å². The third kappa shape index (κ3) is 6.24. The molecule has 0 radical (unpaired) electrons. The number of likely N-dealkylation sites (tertiary alicyclic amines) is 1. The Balaban J connectivity index is 1.66. The Morgan fingerprint density at radius 3 is 2.48 bits per heavy atom. The topological polar surface area (TPSA) is 105 Å². The maximum absolute atomic E-state index is 13.1. The number of esters is 1. The van der Waals surface area contributed by atoms with Crippen LogP contribution in [0, 0.1) is 11.8 Å². The first-order valence-electron chi connectivity index (χ1n) is 11.4. The zero-order valence-electron chi connectivity index (χ0n) is 20.1. The number of aromatic amines is 1. The van der Waals surface area contributed by atoms with Crippen molar-refractivity contribution in [2.75, 3.05) is 31.6 Å². The lowest BCUT2D eigenvalue weighted by atomic mass is 9.82. The average Bonchev–Trinajstić information content (AvgIpc) is 3.20. The Morgan fingerprint density at radius 2 is 1.88 bits per heavy atom. The molecule has 1 saturated heterocycles. The number of hydrogen-bond donors (Lipinski definition) is 1. The van der Waals surface area contributed by atoms with Crippen molar-refractivity contribution >= 4 is 35.0 Å². The summed E-state index contributed by atoms with van der Waals surface area (Å²) in [6, 6.07) is 7.54. The third-order valence-corrected chi connectivity index (χ3v) is 5.81. The van der Waals surface area contributed by atoms with Crippen LogP contribution in [0.1, 0.15) is 47.0 Å². The van der Waals surface area contributed by atoms with Gasteiger partial charge in [0.1, 0.15) is 5.60 Å². The number of amides is 2. The lowest BCUT2D eigenvalue weighted by Gasteiger charge is -2.36. The highest BCUT2D eigenvalue weighted by Crippen LogP contribution is 2.30. The summed E-state index contributed by atoms with van der Waals surface area (Å²) in [4.78, 5) is 48.9. The van der Waals surface area contributed by atoms with Crippen molar-refractivity contribution in [1.29, 1.82) is 0 Å². The van der Waals surface area contributed by atoms with E-state index in [4.69, 9.17) is 9.47 Å². The number of H-pyrrole nitrogens is 1. The Kier molecular flexibility index (Phi) is 7.61. The molecular formula is C24H34N4O5. The second-order valence-corrected chi connectivity index (χ2v) is 9.40. The van der Waals surface area contributed by atoms with Gasteiger partial charge in [0.25, 0.3) is 0 Å². The van der Waals surface area contributed by atoms with Gasteiger partial charge in [-0.05, 0) is 58.6 Å². The van der Waals surface area contributed by atoms with Crippen molar-refractivity contribution in [2.24, 2.45) is 11.8 Å². The number of fused-ring (bicyclic) bond motifs is 1. The number of imidazole rings is 1. The van der Waals surface area contributed by atoms with E-state index in [0.717, 1.165) is 11.0 Å². The monoisotopic (exact) mass is 458 g/mol. The molecule has 9 nitrogen and oxygen atoms in total. The molecule has 1 fully saturated rings. The van der Waals surface area contributed by atoms with Crippen molar-refractivity contribution in [3.8, 4) is 0 Å². The van der Waals surface area contributed by atoms with E-state index in [2.05, 4.69) is 9.97 Å². The summed E-state index contributed by atoms with van der Waals surface area (Å²) in [5.41, 5.74) is 1.04. The zero-order chi connectivity index (χ0) is 24.2. The number of nitrogens with one attached hydrogen (secondary N) is 1. The molecule has 33 heavy (non-hydrogen) atoms. The molecule has 1 N–H and O–H groups in total. The highest BCUT2D eigenvalue weighted by Gasteiger charge is 2.37. The molecule has 1 atom stereocenters. The molecule has 1 aromatic carbocycles. The Labute approximate surface area is 194 Å². The fourth-order valence-electron chi connectivity index (χ4n) is 4.04. The van der Waals surface area contributed by atoms with Gasteiger partial charge in [-0.3, -0.25) is 14.5 Å². The standard InChI is InChI=1S/C24H34N4O5/c1-6-32-21(30)17(16-11-13-28(14-12-16)23(31)33-24(2,3)4)15-20(29)27(5)22-25-18-9-7-8-10-19(18)26-22/h7-10,16-17H,6,11-15H2,1-5H3,(H,25,26). The van der Waals surface area contributed by atoms with E-state index in [0.29, 0.717) is 31.9 Å². The highest BCUT2D eigenvalue weighted by atomic mass is 16.6. The van der Waals surface area contributed by atoms with Crippen molar-refractivity contribution < 1.29 is 23.9 Å². The molecule has 2 heterocycles. The van der Waals surface area contributed by atoms with E-state index in [-0.39, 0.29) is 36.9 Å². The van der Waals surface area contributed by atoms with Crippen molar-refractivity contribution in [3.63, 3.8) is 0 Å². The van der Waals surface area contributed by atoms with Gasteiger partial charge in [0, 0.05) is 26.6 Å². The van der Waals surface area contributed by atoms with Crippen LogP contribution < -0.4 is 4.90 Å². The molecule has 1 aliphatic rings. The van der Waals surface area contributed by atoms with Crippen LogP contribution in [0.15, 0.2) is 24.3 Å². The normalized spacial score (nSPS) is 15.8. The van der Waals surface area contributed by atoms with Gasteiger partial charge < -0.3 is 19.4 Å². The summed E-state index contributed by atoms with van der Waals surface area (Å²) < 4.78 is 10.7. The largest absolute Gasteiger partial charge is 0.466 e. The summed E-state index contributed by atoms with van der Waals surface area (Å²) in [5.74, 6) is -0.800. The number of hydrogen-bond acceptors (Lipinski definition) is 6. The molecule has 1 unspecified atom stereocenters. The predicted octanol–water partition coefficient (Wildman–Crippen LogP) is 3.74. The van der Waals surface area contributed by atoms with E-state index in [1.807, 2.05) is 45.0 Å². The Hall–Kier alpha value is -3.10. The van der Waals surface area contributed by atoms with E-state index < -0.39 is 11.5 Å². The molecule has 1 aromatic heterocycles. The Morgan fingerprint density at radius 1 is 1.21 bits per heavy atom. The first-order chi connectivity index (χ1) is 15.6. The van der Waals surface area contributed by atoms with Gasteiger partial charge >= 0.3 is 12.1 Å². The quantitative estimate of drug-likeness (QED) is 0.661. The molecular weight excluding hydrogens is 424 g/mol. The number of aromatic nitrogens is 2. The van der Waals surface area contributed by atoms with Crippen LogP contribution in [0.25, 0.3) is 11.0 Å². The molecule has 0 bridgehead atoms. The average molecular weight is 459 g/mol. The second-order valence-electron chi connectivity index (χ2n) is 9.40. The number of carbonyl (C=O) groups is 3. The van der Waals surface area contributed by atoms with Gasteiger partial charge in [0.2, 0.25) is 11.9 Å². The van der Waals surface area contributed by atoms with Crippen molar-refractivity contribution in [2.45, 2.75) is 52.6 Å². The zero-order valence-corrected chi connectivity index (χ0v) is 20.1. The minimum Gasteiger partial charge on any atom is -0.466 e. The van der Waals surface area contributed by atoms with Gasteiger partial charge in [0.05, 0.1) is 23.6 Å². The fourth-order valence-corrected chi connectivity index (χ4v) is 4.04. The van der Waals surface area contributed by atoms with Gasteiger partial charge in [0.15, 0.2) is 0 Å². The molecule has 0 spiro atoms. The summed E-state index contributed by atoms with van der Waals surface area (Å²) in [6.45, 7) is 8.45. The van der Waals surface area contributed by atoms with Crippen LogP contribution in [0.4, 0.5) is 10.7 Å². The van der Waals surface area contributed by atoms with Crippen LogP contribution in [0.3, 0.4) is 0 Å². The first-order valence-corrected chi connectivity index (χ1v) is 11.4. The van der Waals surface area contributed by atoms with Gasteiger partial charge in [-0.2, -0.15) is 0 Å². The Bertz CT molecular complexity index is 955. The second kappa shape index (κ2) is 10.2. The number of nitrogens with zero attached hydrogens (tertiary/aromatic N) is 3. The highest BCUT2D eigenvalue weighted by molar-refractivity contribution is 5.95. The van der Waals surface area contributed by atoms with Gasteiger partial charge in [-0.15, -0.1) is 0 Å². The SMILES string of the molecule is CCOC(=O)C(CC(=O)N(C)c1nc2ccccc2[nH]1)C1CCN(C(=O)OC(C)(C)C)CC1. The molecule has 1 aliphatic heterocycles. The maximum Gasteiger partial charge on any atom is 0.410 e. The van der Waals surface area contributed by atoms with E-state index >= 15 is 0 Å². The minimum atomic E-state index is -0.579. The number of carbonyl (C=O) groups excluding carboxylic acids is 3. The summed E-state index contributed by atoms with van der Waals surface area (Å²) in [6.07, 6.45) is 0.868. The van der Waals surface area contributed by atoms with Crippen LogP contribution in [-0.4, -0.2) is 65.2 Å². The number of rotatable bonds is 6. The first kappa shape index (κ1) is 24.5. The molecule has 2 aromatic rings. The lowest BCUT2D eigenvalue weighted by molar-refractivity contribution is -0.152. The number of benzene rings is 1. The van der Waals surface area contributed by atoms with Gasteiger partial charge in [-0.1, -0.05) is 12.1 Å². The van der Waals surface area contributed by atoms with Crippen LogP contribution in [0.2, 0.25) is 0 Å². The minimum absolute atomic E-state index is 0.0173. The number of piperidine rings is 1. The van der Waals surface area contributed by atoms with Gasteiger partial charge in [-0.25, -0.2) is 9.78 Å². The van der Waals surface area contributed by atoms with Crippen LogP contribution in [0.5, 0.6) is 0 Å². The predicted molar refractivity (Wildman–Crippen MR) is 125 cm³/mol. The van der Waals surface area contributed by atoms with E-state index in [9.17, 15) is 14.4 Å². The molecule has 3 rings (SSSR count). The third-order valence-electron chi connectivity index (χ3n) is 5.81. The number of para-hydroxylation sites is 2. The summed E-state index contributed by atoms with van der Waals surface area (Å²) in [7, 11) is 1.65. The smallest absolute Gasteiger partial charge is 0.410 e. The maximum atomic E-state index is 13.1. The molecule has 0 saturated carbocycles. The van der Waals surface area contributed by atoms with E-state index in [1.54, 1.807) is 18.9 Å². The van der Waals surface area contributed by atoms with E-state index in [1.165, 1.54) is 4.90 Å². The number of anilines is 1. The van der Waals surface area contributed by atoms with Crippen LogP contribution in [-0.2, 0) is 19.1 Å². The lowest BCUT2D eigenvalue weighted by Crippen LogP contribution is -2.44. The summed E-state index contributed by atoms with van der Waals surface area (Å²) >= 11 is 0. The molecule has 0 aliphatic carbocycles. The summed E-state index contributed by atoms with van der Waals surface area (Å²) in [5, 5.41) is 0. The fraction of sp³-hybridized carbons (Fsp3) is 0.583. The molecule has 180 valence electrons. The van der Waals surface area contributed by atoms with Crippen molar-refractivity contribution in [3.05, 3.63) is 24.3 Å². The number of ether oxygens (including phenoxy) is 2. The molecule has 2 amide bonds.